The van der Waals surface area contributed by atoms with Gasteiger partial charge in [0, 0.05) is 13.1 Å². The molecule has 0 fully saturated rings. The topological polar surface area (TPSA) is 84.5 Å². The van der Waals surface area contributed by atoms with Crippen LogP contribution in [-0.2, 0) is 15.6 Å². The maximum Gasteiger partial charge on any atom is 0.188 e. The zero-order valence-electron chi connectivity index (χ0n) is 13.0. The molecule has 0 bridgehead atoms. The monoisotopic (exact) mass is 439 g/mol. The van der Waals surface area contributed by atoms with Gasteiger partial charge in [0.25, 0.3) is 0 Å². The van der Waals surface area contributed by atoms with Gasteiger partial charge in [-0.25, -0.2) is 8.42 Å². The number of nitrogens with one attached hydrogen (secondary N) is 1. The van der Waals surface area contributed by atoms with Crippen molar-refractivity contribution in [3.63, 3.8) is 0 Å². The minimum absolute atomic E-state index is 0. The summed E-state index contributed by atoms with van der Waals surface area (Å²) in [4.78, 5) is 4.12. The van der Waals surface area contributed by atoms with Gasteiger partial charge in [-0.2, -0.15) is 0 Å². The predicted molar refractivity (Wildman–Crippen MR) is 103 cm³/mol. The zero-order valence-corrected chi connectivity index (χ0v) is 16.1. The van der Waals surface area contributed by atoms with Crippen molar-refractivity contribution in [1.29, 1.82) is 0 Å². The normalized spacial score (nSPS) is 11.8. The molecule has 0 aliphatic carbocycles. The summed E-state index contributed by atoms with van der Waals surface area (Å²) in [5, 5.41) is 3.00. The molecule has 0 saturated heterocycles. The number of rotatable bonds is 9. The lowest BCUT2D eigenvalue weighted by atomic mass is 10.2. The fourth-order valence-electron chi connectivity index (χ4n) is 1.83. The Morgan fingerprint density at radius 3 is 2.55 bits per heavy atom. The molecule has 0 saturated carbocycles. The molecule has 0 atom stereocenters. The molecule has 1 rings (SSSR count). The third-order valence-corrected chi connectivity index (χ3v) is 4.65. The minimum Gasteiger partial charge on any atom is -0.370 e. The van der Waals surface area contributed by atoms with Gasteiger partial charge in [0.1, 0.15) is 0 Å². The highest BCUT2D eigenvalue weighted by Crippen LogP contribution is 2.07. The zero-order chi connectivity index (χ0) is 15.6. The van der Waals surface area contributed by atoms with Crippen LogP contribution in [0.5, 0.6) is 0 Å². The van der Waals surface area contributed by atoms with Crippen molar-refractivity contribution >= 4 is 39.8 Å². The maximum atomic E-state index is 12.0. The fourth-order valence-corrected chi connectivity index (χ4v) is 3.25. The lowest BCUT2D eigenvalue weighted by Gasteiger charge is -2.05. The number of benzene rings is 1. The molecule has 0 aliphatic rings. The van der Waals surface area contributed by atoms with Crippen LogP contribution >= 0.6 is 24.0 Å². The van der Waals surface area contributed by atoms with E-state index in [9.17, 15) is 8.42 Å². The van der Waals surface area contributed by atoms with Crippen molar-refractivity contribution in [2.24, 2.45) is 10.7 Å². The second-order valence-corrected chi connectivity index (χ2v) is 7.16. The molecule has 1 aromatic carbocycles. The first-order valence-corrected chi connectivity index (χ1v) is 9.14. The number of guanidine groups is 1. The molecular weight excluding hydrogens is 413 g/mol. The third kappa shape index (κ3) is 9.99. The Hall–Kier alpha value is -0.830. The van der Waals surface area contributed by atoms with E-state index in [1.165, 1.54) is 0 Å². The average molecular weight is 439 g/mol. The van der Waals surface area contributed by atoms with Gasteiger partial charge in [-0.15, -0.1) is 24.0 Å². The summed E-state index contributed by atoms with van der Waals surface area (Å²) in [5.74, 6) is 0.610. The van der Waals surface area contributed by atoms with Crippen LogP contribution in [0.15, 0.2) is 35.3 Å². The van der Waals surface area contributed by atoms with Gasteiger partial charge in [-0.1, -0.05) is 43.7 Å². The molecule has 1 aromatic rings. The summed E-state index contributed by atoms with van der Waals surface area (Å²) in [7, 11) is -3.08. The van der Waals surface area contributed by atoms with Gasteiger partial charge >= 0.3 is 0 Å². The van der Waals surface area contributed by atoms with Crippen molar-refractivity contribution in [2.45, 2.75) is 31.9 Å². The van der Waals surface area contributed by atoms with E-state index in [1.807, 2.05) is 30.3 Å². The quantitative estimate of drug-likeness (QED) is 0.268. The summed E-state index contributed by atoms with van der Waals surface area (Å²) < 4.78 is 23.9. The van der Waals surface area contributed by atoms with Gasteiger partial charge < -0.3 is 11.1 Å². The first-order chi connectivity index (χ1) is 10.0. The Kier molecular flexibility index (Phi) is 11.3. The molecule has 126 valence electrons. The average Bonchev–Trinajstić information content (AvgIpc) is 2.44. The van der Waals surface area contributed by atoms with Crippen LogP contribution in [0, 0.1) is 0 Å². The van der Waals surface area contributed by atoms with Crippen molar-refractivity contribution in [1.82, 2.24) is 5.32 Å². The number of hydrogen-bond acceptors (Lipinski definition) is 3. The first-order valence-electron chi connectivity index (χ1n) is 7.31. The van der Waals surface area contributed by atoms with E-state index in [-0.39, 0.29) is 35.5 Å². The number of nitrogens with zero attached hydrogens (tertiary/aromatic N) is 1. The largest absolute Gasteiger partial charge is 0.370 e. The van der Waals surface area contributed by atoms with E-state index in [0.717, 1.165) is 24.9 Å². The molecule has 0 radical (unpaired) electrons. The van der Waals surface area contributed by atoms with Gasteiger partial charge in [0.2, 0.25) is 0 Å². The summed E-state index contributed by atoms with van der Waals surface area (Å²) in [6, 6.07) is 9.21. The Morgan fingerprint density at radius 2 is 1.91 bits per heavy atom. The van der Waals surface area contributed by atoms with Gasteiger partial charge in [-0.05, 0) is 18.4 Å². The Balaban J connectivity index is 0.00000441. The van der Waals surface area contributed by atoms with E-state index in [2.05, 4.69) is 17.2 Å². The highest BCUT2D eigenvalue weighted by molar-refractivity contribution is 14.0. The van der Waals surface area contributed by atoms with E-state index in [1.54, 1.807) is 0 Å². The summed E-state index contributed by atoms with van der Waals surface area (Å²) in [6.07, 6.45) is 2.63. The fraction of sp³-hybridized carbons (Fsp3) is 0.533. The molecule has 22 heavy (non-hydrogen) atoms. The van der Waals surface area contributed by atoms with Crippen molar-refractivity contribution in [2.75, 3.05) is 18.8 Å². The summed E-state index contributed by atoms with van der Waals surface area (Å²) in [5.41, 5.74) is 6.50. The number of unbranched alkanes of at least 4 members (excludes halogenated alkanes) is 1. The van der Waals surface area contributed by atoms with Crippen LogP contribution in [0.3, 0.4) is 0 Å². The predicted octanol–water partition coefficient (Wildman–Crippen LogP) is 2.31. The van der Waals surface area contributed by atoms with E-state index in [4.69, 9.17) is 5.73 Å². The lowest BCUT2D eigenvalue weighted by molar-refractivity contribution is 0.592. The van der Waals surface area contributed by atoms with E-state index < -0.39 is 9.84 Å². The van der Waals surface area contributed by atoms with Crippen LogP contribution in [0.25, 0.3) is 0 Å². The molecule has 0 heterocycles. The molecule has 0 unspecified atom stereocenters. The molecule has 7 heteroatoms. The maximum absolute atomic E-state index is 12.0. The number of aliphatic imine (C=N–C) groups is 1. The van der Waals surface area contributed by atoms with Crippen molar-refractivity contribution in [3.8, 4) is 0 Å². The molecule has 0 aromatic heterocycles. The Bertz CT molecular complexity index is 533. The second kappa shape index (κ2) is 11.7. The van der Waals surface area contributed by atoms with Crippen molar-refractivity contribution < 1.29 is 8.42 Å². The minimum atomic E-state index is -3.08. The van der Waals surface area contributed by atoms with Crippen LogP contribution in [0.4, 0.5) is 0 Å². The highest BCUT2D eigenvalue weighted by atomic mass is 127. The third-order valence-electron chi connectivity index (χ3n) is 2.96. The van der Waals surface area contributed by atoms with Crippen LogP contribution in [0.2, 0.25) is 0 Å². The van der Waals surface area contributed by atoms with E-state index >= 15 is 0 Å². The highest BCUT2D eigenvalue weighted by Gasteiger charge is 2.11. The van der Waals surface area contributed by atoms with Crippen LogP contribution in [0.1, 0.15) is 31.7 Å². The number of hydrogen-bond donors (Lipinski definition) is 2. The van der Waals surface area contributed by atoms with Gasteiger partial charge in [0.15, 0.2) is 15.8 Å². The molecular formula is C15H26IN3O2S. The Labute approximate surface area is 150 Å². The van der Waals surface area contributed by atoms with E-state index in [0.29, 0.717) is 18.9 Å². The second-order valence-electron chi connectivity index (χ2n) is 4.98. The smallest absolute Gasteiger partial charge is 0.188 e. The van der Waals surface area contributed by atoms with Gasteiger partial charge in [0.05, 0.1) is 11.5 Å². The number of sulfone groups is 1. The lowest BCUT2D eigenvalue weighted by Crippen LogP contribution is -2.32. The Morgan fingerprint density at radius 1 is 1.23 bits per heavy atom. The number of nitrogens with two attached hydrogens (primary N) is 1. The standard InChI is InChI=1S/C15H25N3O2S.HI/c1-2-3-10-17-15(16)18-11-7-12-21(19,20)13-14-8-5-4-6-9-14;/h4-6,8-9H,2-3,7,10-13H2,1H3,(H3,16,17,18);1H. The number of halogens is 1. The van der Waals surface area contributed by atoms with Crippen molar-refractivity contribution in [3.05, 3.63) is 35.9 Å². The van der Waals surface area contributed by atoms with Gasteiger partial charge in [-0.3, -0.25) is 4.99 Å². The first kappa shape index (κ1) is 21.2. The molecule has 0 spiro atoms. The summed E-state index contributed by atoms with van der Waals surface area (Å²) >= 11 is 0. The van der Waals surface area contributed by atoms with Crippen LogP contribution < -0.4 is 11.1 Å². The molecule has 5 nitrogen and oxygen atoms in total. The van der Waals surface area contributed by atoms with Crippen LogP contribution in [-0.4, -0.2) is 33.2 Å². The summed E-state index contributed by atoms with van der Waals surface area (Å²) in [6.45, 7) is 3.34. The molecule has 0 aliphatic heterocycles. The molecule has 3 N–H and O–H groups in total. The molecule has 0 amide bonds. The SMILES string of the molecule is CCCCNC(N)=NCCCS(=O)(=O)Cc1ccccc1.I.